The molecule has 0 fully saturated rings. The molecule has 8 rings (SSSR count). The van der Waals surface area contributed by atoms with Gasteiger partial charge in [0.2, 0.25) is 0 Å². The van der Waals surface area contributed by atoms with E-state index in [9.17, 15) is 25.9 Å². The first kappa shape index (κ1) is 36.1. The van der Waals surface area contributed by atoms with Crippen LogP contribution < -0.4 is 0 Å². The monoisotopic (exact) mass is 760 g/mol. The standard InChI is InChI=1S/C47H36O6S2/c48-54(49,50)42-29-36-25-13-15-27-38(36)46(44(32-17-5-1-6-18-32)33-19-7-2-8-20-33)40(42)31-41-43(55(51,52)53)30-37-26-14-16-28-39(37)47(41)45(34-21-9-3-10-22-34)35-23-11-4-12-24-35/h1-28H,29-31H2,(H,48,49,50)(H,51,52,53). The second-order valence-corrected chi connectivity index (χ2v) is 16.4. The Kier molecular flexibility index (Phi) is 9.67. The molecular formula is C47H36O6S2. The van der Waals surface area contributed by atoms with Gasteiger partial charge in [-0.3, -0.25) is 9.11 Å². The first-order valence-electron chi connectivity index (χ1n) is 17.9. The molecule has 0 amide bonds. The minimum absolute atomic E-state index is 0.112. The van der Waals surface area contributed by atoms with Crippen LogP contribution in [0.25, 0.3) is 22.3 Å². The molecular weight excluding hydrogens is 725 g/mol. The molecule has 0 heterocycles. The fraction of sp³-hybridized carbons (Fsp3) is 0.0638. The fourth-order valence-corrected chi connectivity index (χ4v) is 9.59. The zero-order valence-corrected chi connectivity index (χ0v) is 31.3. The minimum Gasteiger partial charge on any atom is -0.282 e. The number of fused-ring (bicyclic) bond motifs is 2. The van der Waals surface area contributed by atoms with Gasteiger partial charge in [0.05, 0.1) is 9.81 Å². The molecule has 55 heavy (non-hydrogen) atoms. The Balaban J connectivity index is 1.55. The molecule has 6 aromatic rings. The highest BCUT2D eigenvalue weighted by molar-refractivity contribution is 7.90. The predicted molar refractivity (Wildman–Crippen MR) is 220 cm³/mol. The Morgan fingerprint density at radius 1 is 0.400 bits per heavy atom. The van der Waals surface area contributed by atoms with Crippen molar-refractivity contribution in [2.45, 2.75) is 19.3 Å². The van der Waals surface area contributed by atoms with E-state index < -0.39 is 20.2 Å². The first-order valence-corrected chi connectivity index (χ1v) is 20.7. The van der Waals surface area contributed by atoms with E-state index in [1.165, 1.54) is 0 Å². The van der Waals surface area contributed by atoms with Crippen molar-refractivity contribution < 1.29 is 25.9 Å². The Hall–Kier alpha value is -5.90. The van der Waals surface area contributed by atoms with Crippen molar-refractivity contribution in [1.29, 1.82) is 0 Å². The van der Waals surface area contributed by atoms with Crippen LogP contribution in [0, 0.1) is 0 Å². The van der Waals surface area contributed by atoms with Gasteiger partial charge in [0, 0.05) is 19.3 Å². The Morgan fingerprint density at radius 3 is 0.964 bits per heavy atom. The molecule has 6 aromatic carbocycles. The van der Waals surface area contributed by atoms with Crippen molar-refractivity contribution in [2.24, 2.45) is 0 Å². The summed E-state index contributed by atoms with van der Waals surface area (Å²) in [5.74, 6) is 0. The number of hydrogen-bond acceptors (Lipinski definition) is 4. The highest BCUT2D eigenvalue weighted by atomic mass is 32.2. The van der Waals surface area contributed by atoms with Crippen LogP contribution in [0.2, 0.25) is 0 Å². The lowest BCUT2D eigenvalue weighted by Gasteiger charge is -2.32. The van der Waals surface area contributed by atoms with Crippen LogP contribution in [0.15, 0.2) is 191 Å². The molecule has 0 bridgehead atoms. The molecule has 272 valence electrons. The summed E-state index contributed by atoms with van der Waals surface area (Å²) in [6, 6.07) is 53.5. The van der Waals surface area contributed by atoms with Gasteiger partial charge in [0.15, 0.2) is 0 Å². The molecule has 0 radical (unpaired) electrons. The zero-order chi connectivity index (χ0) is 38.2. The van der Waals surface area contributed by atoms with Crippen LogP contribution >= 0.6 is 0 Å². The average Bonchev–Trinajstić information content (AvgIpc) is 3.20. The Morgan fingerprint density at radius 2 is 0.673 bits per heavy atom. The molecule has 0 saturated heterocycles. The van der Waals surface area contributed by atoms with E-state index in [0.717, 1.165) is 33.4 Å². The van der Waals surface area contributed by atoms with E-state index in [1.54, 1.807) is 0 Å². The molecule has 8 heteroatoms. The highest BCUT2D eigenvalue weighted by Crippen LogP contribution is 2.51. The van der Waals surface area contributed by atoms with E-state index in [-0.39, 0.29) is 40.2 Å². The summed E-state index contributed by atoms with van der Waals surface area (Å²) >= 11 is 0. The third kappa shape index (κ3) is 7.09. The first-order chi connectivity index (χ1) is 26.6. The summed E-state index contributed by atoms with van der Waals surface area (Å²) in [6.07, 6.45) is -0.470. The van der Waals surface area contributed by atoms with Crippen molar-refractivity contribution in [3.05, 3.63) is 235 Å². The summed E-state index contributed by atoms with van der Waals surface area (Å²) in [5, 5.41) is 0. The van der Waals surface area contributed by atoms with Crippen molar-refractivity contribution in [3.8, 4) is 0 Å². The van der Waals surface area contributed by atoms with Crippen LogP contribution in [0.1, 0.15) is 50.9 Å². The maximum Gasteiger partial charge on any atom is 0.291 e. The lowest BCUT2D eigenvalue weighted by Crippen LogP contribution is -2.20. The van der Waals surface area contributed by atoms with Crippen LogP contribution in [0.5, 0.6) is 0 Å². The molecule has 0 aromatic heterocycles. The Labute approximate surface area is 321 Å². The molecule has 2 aliphatic rings. The van der Waals surface area contributed by atoms with Gasteiger partial charge >= 0.3 is 0 Å². The van der Waals surface area contributed by atoms with Crippen LogP contribution in [-0.2, 0) is 33.1 Å². The summed E-state index contributed by atoms with van der Waals surface area (Å²) < 4.78 is 77.1. The molecule has 0 aliphatic heterocycles. The molecule has 0 saturated carbocycles. The maximum atomic E-state index is 13.7. The van der Waals surface area contributed by atoms with Crippen molar-refractivity contribution in [3.63, 3.8) is 0 Å². The predicted octanol–water partition coefficient (Wildman–Crippen LogP) is 10.1. The molecule has 0 atom stereocenters. The topological polar surface area (TPSA) is 109 Å². The van der Waals surface area contributed by atoms with Crippen LogP contribution in [0.3, 0.4) is 0 Å². The van der Waals surface area contributed by atoms with Gasteiger partial charge in [-0.25, -0.2) is 0 Å². The SMILES string of the molecule is O=S(=O)(O)C1=C(CC2=C(S(=O)(=O)O)Cc3ccccc3C2=C(c2ccccc2)c2ccccc2)C(=C(c2ccccc2)c2ccccc2)c2ccccc2C1. The smallest absolute Gasteiger partial charge is 0.282 e. The van der Waals surface area contributed by atoms with E-state index in [4.69, 9.17) is 0 Å². The summed E-state index contributed by atoms with van der Waals surface area (Å²) in [5.41, 5.74) is 9.14. The lowest BCUT2D eigenvalue weighted by molar-refractivity contribution is 0.487. The van der Waals surface area contributed by atoms with E-state index in [1.807, 2.05) is 170 Å². The molecule has 0 unspecified atom stereocenters. The van der Waals surface area contributed by atoms with Crippen LogP contribution in [0.4, 0.5) is 0 Å². The second-order valence-electron chi connectivity index (χ2n) is 13.6. The quantitative estimate of drug-likeness (QED) is 0.150. The van der Waals surface area contributed by atoms with E-state index in [0.29, 0.717) is 33.4 Å². The number of benzene rings is 6. The lowest BCUT2D eigenvalue weighted by atomic mass is 9.74. The van der Waals surface area contributed by atoms with Crippen LogP contribution in [-0.4, -0.2) is 25.9 Å². The zero-order valence-electron chi connectivity index (χ0n) is 29.6. The number of rotatable bonds is 8. The fourth-order valence-electron chi connectivity index (χ4n) is 7.95. The van der Waals surface area contributed by atoms with E-state index in [2.05, 4.69) is 0 Å². The third-order valence-electron chi connectivity index (χ3n) is 10.3. The van der Waals surface area contributed by atoms with Gasteiger partial charge in [-0.15, -0.1) is 0 Å². The minimum atomic E-state index is -4.86. The van der Waals surface area contributed by atoms with Crippen molar-refractivity contribution >= 4 is 42.5 Å². The third-order valence-corrected chi connectivity index (χ3v) is 12.3. The van der Waals surface area contributed by atoms with Crippen molar-refractivity contribution in [2.75, 3.05) is 0 Å². The van der Waals surface area contributed by atoms with Gasteiger partial charge in [0.1, 0.15) is 0 Å². The summed E-state index contributed by atoms with van der Waals surface area (Å²) in [6.45, 7) is 0. The molecule has 2 N–H and O–H groups in total. The molecule has 0 spiro atoms. The Bertz CT molecular complexity index is 2510. The highest BCUT2D eigenvalue weighted by Gasteiger charge is 2.37. The normalized spacial score (nSPS) is 14.4. The van der Waals surface area contributed by atoms with Gasteiger partial charge in [-0.1, -0.05) is 170 Å². The van der Waals surface area contributed by atoms with Gasteiger partial charge in [0.25, 0.3) is 20.2 Å². The number of allylic oxidation sites excluding steroid dienone is 6. The number of hydrogen-bond donors (Lipinski definition) is 2. The second kappa shape index (κ2) is 14.7. The summed E-state index contributed by atoms with van der Waals surface area (Å²) in [4.78, 5) is -0.459. The summed E-state index contributed by atoms with van der Waals surface area (Å²) in [7, 11) is -9.72. The molecule has 2 aliphatic carbocycles. The van der Waals surface area contributed by atoms with Crippen molar-refractivity contribution in [1.82, 2.24) is 0 Å². The maximum absolute atomic E-state index is 13.7. The van der Waals surface area contributed by atoms with Gasteiger partial charge in [-0.2, -0.15) is 16.8 Å². The average molecular weight is 761 g/mol. The van der Waals surface area contributed by atoms with Gasteiger partial charge in [-0.05, 0) is 77.9 Å². The largest absolute Gasteiger partial charge is 0.291 e. The molecule has 6 nitrogen and oxygen atoms in total. The van der Waals surface area contributed by atoms with E-state index >= 15 is 0 Å². The van der Waals surface area contributed by atoms with Gasteiger partial charge < -0.3 is 0 Å².